The minimum Gasteiger partial charge on any atom is -0.497 e. The van der Waals surface area contributed by atoms with Crippen LogP contribution < -0.4 is 10.5 Å². The second kappa shape index (κ2) is 10.7. The highest BCUT2D eigenvalue weighted by atomic mass is 32.2. The van der Waals surface area contributed by atoms with Crippen LogP contribution in [0.2, 0.25) is 0 Å². The number of aliphatic hydroxyl groups is 1. The lowest BCUT2D eigenvalue weighted by Crippen LogP contribution is -2.56. The molecule has 1 aromatic heterocycles. The maximum atomic E-state index is 13.2. The molecule has 10 heteroatoms. The Morgan fingerprint density at radius 2 is 1.73 bits per heavy atom. The van der Waals surface area contributed by atoms with E-state index >= 15 is 0 Å². The van der Waals surface area contributed by atoms with Crippen molar-refractivity contribution in [2.24, 2.45) is 5.73 Å². The van der Waals surface area contributed by atoms with Crippen LogP contribution >= 0.6 is 23.1 Å². The molecule has 0 spiro atoms. The molecular weight excluding hydrogens is 482 g/mol. The van der Waals surface area contributed by atoms with Crippen LogP contribution in [-0.2, 0) is 20.4 Å². The summed E-state index contributed by atoms with van der Waals surface area (Å²) in [6, 6.07) is 16.9. The number of carboxylic acid groups (broad SMARTS) is 1. The smallest absolute Gasteiger partial charge is 0.340 e. The van der Waals surface area contributed by atoms with Crippen LogP contribution in [0.15, 0.2) is 70.9 Å². The molecule has 0 amide bonds. The molecule has 7 nitrogen and oxygen atoms in total. The topological polar surface area (TPSA) is 127 Å². The van der Waals surface area contributed by atoms with Gasteiger partial charge in [-0.25, -0.2) is 13.2 Å². The summed E-state index contributed by atoms with van der Waals surface area (Å²) >= 11 is 2.96. The van der Waals surface area contributed by atoms with E-state index in [1.165, 1.54) is 23.9 Å². The first-order valence-corrected chi connectivity index (χ1v) is 13.5. The van der Waals surface area contributed by atoms with Gasteiger partial charge in [0.2, 0.25) is 14.7 Å². The van der Waals surface area contributed by atoms with E-state index in [0.29, 0.717) is 11.5 Å². The van der Waals surface area contributed by atoms with Gasteiger partial charge < -0.3 is 20.7 Å². The number of sulfone groups is 1. The fourth-order valence-corrected chi connectivity index (χ4v) is 6.60. The van der Waals surface area contributed by atoms with Gasteiger partial charge in [0, 0.05) is 22.8 Å². The molecule has 33 heavy (non-hydrogen) atoms. The molecule has 0 radical (unpaired) electrons. The van der Waals surface area contributed by atoms with E-state index < -0.39 is 33.2 Å². The van der Waals surface area contributed by atoms with Crippen LogP contribution in [0.5, 0.6) is 5.75 Å². The molecule has 0 aliphatic carbocycles. The summed E-state index contributed by atoms with van der Waals surface area (Å²) in [6.45, 7) is 0. The minimum absolute atomic E-state index is 0.163. The molecule has 3 rings (SSSR count). The molecule has 4 N–H and O–H groups in total. The highest BCUT2D eigenvalue weighted by Gasteiger charge is 2.49. The number of nitrogens with two attached hydrogens (primary N) is 1. The molecule has 0 aliphatic heterocycles. The largest absolute Gasteiger partial charge is 0.497 e. The predicted molar refractivity (Wildman–Crippen MR) is 131 cm³/mol. The summed E-state index contributed by atoms with van der Waals surface area (Å²) in [5.74, 6) is -0.210. The SMILES string of the molecule is COc1ccc(-c2ccc(S(=O)(=O)C(N)(CC(O)CSCc3cccs3)C(=O)O)cc2)cc1. The maximum absolute atomic E-state index is 13.2. The third-order valence-electron chi connectivity index (χ3n) is 5.10. The average molecular weight is 508 g/mol. The number of hydrogen-bond donors (Lipinski definition) is 3. The Kier molecular flexibility index (Phi) is 8.19. The van der Waals surface area contributed by atoms with Gasteiger partial charge in [-0.1, -0.05) is 30.3 Å². The van der Waals surface area contributed by atoms with E-state index in [4.69, 9.17) is 10.5 Å². The first kappa shape index (κ1) is 25.3. The summed E-state index contributed by atoms with van der Waals surface area (Å²) in [5.41, 5.74) is 7.52. The van der Waals surface area contributed by atoms with E-state index in [9.17, 15) is 23.4 Å². The van der Waals surface area contributed by atoms with Gasteiger partial charge in [0.05, 0.1) is 18.1 Å². The second-order valence-electron chi connectivity index (χ2n) is 7.40. The van der Waals surface area contributed by atoms with Gasteiger partial charge in [0.15, 0.2) is 0 Å². The highest BCUT2D eigenvalue weighted by molar-refractivity contribution is 7.98. The van der Waals surface area contributed by atoms with Crippen molar-refractivity contribution in [1.29, 1.82) is 0 Å². The number of aliphatic carboxylic acids is 1. The van der Waals surface area contributed by atoms with Crippen LogP contribution in [0.1, 0.15) is 11.3 Å². The number of benzene rings is 2. The fourth-order valence-electron chi connectivity index (χ4n) is 3.23. The molecule has 3 aromatic rings. The lowest BCUT2D eigenvalue weighted by Gasteiger charge is -2.27. The van der Waals surface area contributed by atoms with Crippen molar-refractivity contribution >= 4 is 38.9 Å². The van der Waals surface area contributed by atoms with Crippen molar-refractivity contribution in [2.45, 2.75) is 28.0 Å². The molecule has 0 bridgehead atoms. The minimum atomic E-state index is -4.48. The molecule has 0 saturated heterocycles. The number of rotatable bonds is 11. The number of ether oxygens (including phenoxy) is 1. The first-order chi connectivity index (χ1) is 15.7. The normalized spacial score (nSPS) is 14.4. The molecule has 0 fully saturated rings. The molecule has 1 heterocycles. The van der Waals surface area contributed by atoms with Gasteiger partial charge in [0.25, 0.3) is 0 Å². The number of carbonyl (C=O) groups is 1. The van der Waals surface area contributed by atoms with Gasteiger partial charge in [0.1, 0.15) is 5.75 Å². The third kappa shape index (κ3) is 5.77. The molecule has 0 saturated carbocycles. The Labute approximate surface area is 201 Å². The van der Waals surface area contributed by atoms with E-state index in [-0.39, 0.29) is 10.6 Å². The first-order valence-electron chi connectivity index (χ1n) is 9.97. The molecule has 2 unspecified atom stereocenters. The van der Waals surface area contributed by atoms with Crippen LogP contribution in [0.4, 0.5) is 0 Å². The van der Waals surface area contributed by atoms with Crippen molar-refractivity contribution in [3.05, 3.63) is 70.9 Å². The second-order valence-corrected chi connectivity index (χ2v) is 11.7. The monoisotopic (exact) mass is 507 g/mol. The molecule has 2 aromatic carbocycles. The van der Waals surface area contributed by atoms with E-state index in [2.05, 4.69) is 0 Å². The number of methoxy groups -OCH3 is 1. The van der Waals surface area contributed by atoms with Crippen molar-refractivity contribution in [3.8, 4) is 16.9 Å². The zero-order valence-electron chi connectivity index (χ0n) is 17.9. The maximum Gasteiger partial charge on any atom is 0.340 e. The van der Waals surface area contributed by atoms with Gasteiger partial charge >= 0.3 is 5.97 Å². The van der Waals surface area contributed by atoms with Crippen LogP contribution in [-0.4, -0.2) is 48.4 Å². The van der Waals surface area contributed by atoms with Gasteiger partial charge in [-0.3, -0.25) is 0 Å². The summed E-state index contributed by atoms with van der Waals surface area (Å²) < 4.78 is 31.5. The number of thiophene rings is 1. The zero-order chi connectivity index (χ0) is 24.1. The Balaban J connectivity index is 1.75. The van der Waals surface area contributed by atoms with Crippen molar-refractivity contribution in [2.75, 3.05) is 12.9 Å². The lowest BCUT2D eigenvalue weighted by atomic mass is 10.1. The highest BCUT2D eigenvalue weighted by Crippen LogP contribution is 2.30. The summed E-state index contributed by atoms with van der Waals surface area (Å²) in [6.07, 6.45) is -1.83. The van der Waals surface area contributed by atoms with Crippen molar-refractivity contribution in [1.82, 2.24) is 0 Å². The Morgan fingerprint density at radius 3 is 2.24 bits per heavy atom. The van der Waals surface area contributed by atoms with Crippen molar-refractivity contribution in [3.63, 3.8) is 0 Å². The fraction of sp³-hybridized carbons (Fsp3) is 0.261. The quantitative estimate of drug-likeness (QED) is 0.359. The van der Waals surface area contributed by atoms with Crippen LogP contribution in [0.25, 0.3) is 11.1 Å². The lowest BCUT2D eigenvalue weighted by molar-refractivity contribution is -0.140. The van der Waals surface area contributed by atoms with Gasteiger partial charge in [-0.05, 0) is 46.8 Å². The Morgan fingerprint density at radius 1 is 1.12 bits per heavy atom. The summed E-state index contributed by atoms with van der Waals surface area (Å²) in [7, 11) is -2.92. The van der Waals surface area contributed by atoms with E-state index in [1.54, 1.807) is 42.7 Å². The predicted octanol–water partition coefficient (Wildman–Crippen LogP) is 3.62. The summed E-state index contributed by atoms with van der Waals surface area (Å²) in [4.78, 5) is 10.2. The van der Waals surface area contributed by atoms with Crippen LogP contribution in [0.3, 0.4) is 0 Å². The molecule has 0 aliphatic rings. The van der Waals surface area contributed by atoms with Crippen LogP contribution in [0, 0.1) is 0 Å². The zero-order valence-corrected chi connectivity index (χ0v) is 20.3. The average Bonchev–Trinajstić information content (AvgIpc) is 3.32. The number of hydrogen-bond acceptors (Lipinski definition) is 8. The number of thioether (sulfide) groups is 1. The van der Waals surface area contributed by atoms with Gasteiger partial charge in [-0.2, -0.15) is 11.8 Å². The van der Waals surface area contributed by atoms with Gasteiger partial charge in [-0.15, -0.1) is 11.3 Å². The standard InChI is InChI=1S/C23H25NO6S3/c1-30-19-8-4-16(5-9-19)17-6-10-21(11-7-17)33(28,29)23(24,22(26)27)13-18(25)14-31-15-20-3-2-12-32-20/h2-12,18,25H,13-15,24H2,1H3,(H,26,27). The number of aliphatic hydroxyl groups excluding tert-OH is 1. The van der Waals surface area contributed by atoms with Crippen molar-refractivity contribution < 1.29 is 28.2 Å². The molecule has 2 atom stereocenters. The summed E-state index contributed by atoms with van der Waals surface area (Å²) in [5, 5.41) is 22.0. The van der Waals surface area contributed by atoms with E-state index in [0.717, 1.165) is 16.0 Å². The molecule has 176 valence electrons. The third-order valence-corrected chi connectivity index (χ3v) is 9.49. The van der Waals surface area contributed by atoms with E-state index in [1.807, 2.05) is 29.6 Å². The molecular formula is C23H25NO6S3. The Hall–Kier alpha value is -2.37. The number of carboxylic acids is 1. The Bertz CT molecular complexity index is 1160.